The highest BCUT2D eigenvalue weighted by Gasteiger charge is 2.20. The third-order valence-corrected chi connectivity index (χ3v) is 3.03. The second-order valence-electron chi connectivity index (χ2n) is 4.53. The molecule has 0 bridgehead atoms. The van der Waals surface area contributed by atoms with Crippen LogP contribution in [0.3, 0.4) is 0 Å². The fourth-order valence-corrected chi connectivity index (χ4v) is 1.97. The van der Waals surface area contributed by atoms with E-state index in [2.05, 4.69) is 0 Å². The molecule has 0 radical (unpaired) electrons. The summed E-state index contributed by atoms with van der Waals surface area (Å²) in [5, 5.41) is 1.01. The predicted octanol–water partition coefficient (Wildman–Crippen LogP) is 1.12. The van der Waals surface area contributed by atoms with E-state index in [0.29, 0.717) is 5.69 Å². The van der Waals surface area contributed by atoms with Crippen molar-refractivity contribution in [3.8, 4) is 0 Å². The summed E-state index contributed by atoms with van der Waals surface area (Å²) in [6.45, 7) is 1.90. The number of anilines is 1. The van der Waals surface area contributed by atoms with Crippen molar-refractivity contribution < 1.29 is 9.59 Å². The largest absolute Gasteiger partial charge is 0.290 e. The molecule has 0 aliphatic heterocycles. The van der Waals surface area contributed by atoms with E-state index in [1.165, 1.54) is 12.1 Å². The molecule has 5 N–H and O–H groups in total. The van der Waals surface area contributed by atoms with Gasteiger partial charge in [-0.15, -0.1) is 0 Å². The van der Waals surface area contributed by atoms with Crippen LogP contribution in [0.5, 0.6) is 0 Å². The minimum absolute atomic E-state index is 0.174. The molecule has 0 atom stereocenters. The quantitative estimate of drug-likeness (QED) is 0.446. The highest BCUT2D eigenvalue weighted by atomic mass is 16.2. The van der Waals surface area contributed by atoms with Crippen molar-refractivity contribution in [1.82, 2.24) is 5.43 Å². The molecule has 0 unspecified atom stereocenters. The van der Waals surface area contributed by atoms with E-state index in [0.717, 1.165) is 10.6 Å². The third kappa shape index (κ3) is 3.07. The molecule has 0 spiro atoms. The van der Waals surface area contributed by atoms with E-state index >= 15 is 0 Å². The first-order valence-corrected chi connectivity index (χ1v) is 6.30. The van der Waals surface area contributed by atoms with Gasteiger partial charge >= 0.3 is 0 Å². The Balaban J connectivity index is 2.38. The predicted molar refractivity (Wildman–Crippen MR) is 80.3 cm³/mol. The summed E-state index contributed by atoms with van der Waals surface area (Å²) in [5.74, 6) is 9.96. The van der Waals surface area contributed by atoms with Gasteiger partial charge in [-0.2, -0.15) is 0 Å². The summed E-state index contributed by atoms with van der Waals surface area (Å²) in [4.78, 5) is 24.2. The molecule has 2 amide bonds. The van der Waals surface area contributed by atoms with Crippen molar-refractivity contribution in [2.24, 2.45) is 11.7 Å². The van der Waals surface area contributed by atoms with Gasteiger partial charge in [0.15, 0.2) is 0 Å². The van der Waals surface area contributed by atoms with Gasteiger partial charge in [0, 0.05) is 0 Å². The van der Waals surface area contributed by atoms with Crippen molar-refractivity contribution in [1.29, 1.82) is 0 Å². The number of rotatable bonds is 3. The second kappa shape index (κ2) is 6.17. The number of amides is 2. The molecule has 0 heterocycles. The highest BCUT2D eigenvalue weighted by molar-refractivity contribution is 6.12. The molecule has 21 heavy (non-hydrogen) atoms. The van der Waals surface area contributed by atoms with Gasteiger partial charge in [0.25, 0.3) is 11.8 Å². The van der Waals surface area contributed by atoms with Gasteiger partial charge in [0.2, 0.25) is 0 Å². The zero-order valence-electron chi connectivity index (χ0n) is 11.5. The molecule has 0 saturated carbocycles. The lowest BCUT2D eigenvalue weighted by Gasteiger charge is -2.18. The van der Waals surface area contributed by atoms with Gasteiger partial charge in [-0.05, 0) is 36.8 Å². The molecule has 0 saturated heterocycles. The number of benzene rings is 2. The summed E-state index contributed by atoms with van der Waals surface area (Å²) in [6.07, 6.45) is 0. The van der Waals surface area contributed by atoms with Crippen molar-refractivity contribution in [2.45, 2.75) is 6.92 Å². The Hall–Kier alpha value is -2.70. The van der Waals surface area contributed by atoms with Crippen LogP contribution in [0, 0.1) is 6.92 Å². The van der Waals surface area contributed by atoms with Crippen LogP contribution in [-0.4, -0.2) is 11.8 Å². The maximum absolute atomic E-state index is 12.5. The monoisotopic (exact) mass is 284 g/mol. The Morgan fingerprint density at radius 1 is 1.05 bits per heavy atom. The van der Waals surface area contributed by atoms with Gasteiger partial charge < -0.3 is 0 Å². The first-order valence-electron chi connectivity index (χ1n) is 6.30. The summed E-state index contributed by atoms with van der Waals surface area (Å²) in [6, 6.07) is 13.6. The fraction of sp³-hybridized carbons (Fsp3) is 0.0667. The lowest BCUT2D eigenvalue weighted by atomic mass is 10.1. The normalized spacial score (nSPS) is 10.0. The van der Waals surface area contributed by atoms with Crippen LogP contribution < -0.4 is 22.1 Å². The summed E-state index contributed by atoms with van der Waals surface area (Å²) in [5.41, 5.74) is 3.89. The van der Waals surface area contributed by atoms with Crippen molar-refractivity contribution in [2.75, 3.05) is 5.01 Å². The van der Waals surface area contributed by atoms with Crippen LogP contribution in [0.25, 0.3) is 0 Å². The topological polar surface area (TPSA) is 101 Å². The lowest BCUT2D eigenvalue weighted by Crippen LogP contribution is -2.39. The molecule has 0 aromatic heterocycles. The Bertz CT molecular complexity index is 685. The third-order valence-electron chi connectivity index (χ3n) is 3.03. The standard InChI is InChI=1S/C15H16N4O2/c1-10-5-4-6-11(9-10)19(17)15(21)13-8-3-2-7-12(13)14(20)18-16/h2-9H,16-17H2,1H3,(H,18,20). The van der Waals surface area contributed by atoms with Crippen molar-refractivity contribution >= 4 is 17.5 Å². The van der Waals surface area contributed by atoms with Gasteiger partial charge in [0.05, 0.1) is 16.8 Å². The zero-order valence-corrected chi connectivity index (χ0v) is 11.5. The Morgan fingerprint density at radius 3 is 2.33 bits per heavy atom. The van der Waals surface area contributed by atoms with Crippen LogP contribution in [0.1, 0.15) is 26.3 Å². The molecular formula is C15H16N4O2. The first-order chi connectivity index (χ1) is 10.0. The van der Waals surface area contributed by atoms with E-state index in [1.54, 1.807) is 30.3 Å². The first kappa shape index (κ1) is 14.7. The number of hydrogen-bond acceptors (Lipinski definition) is 4. The summed E-state index contributed by atoms with van der Waals surface area (Å²) in [7, 11) is 0. The minimum atomic E-state index is -0.545. The Kier molecular flexibility index (Phi) is 4.32. The average Bonchev–Trinajstić information content (AvgIpc) is 2.52. The summed E-state index contributed by atoms with van der Waals surface area (Å²) >= 11 is 0. The molecule has 0 aliphatic carbocycles. The fourth-order valence-electron chi connectivity index (χ4n) is 1.97. The number of nitrogen functional groups attached to an aromatic ring is 1. The second-order valence-corrected chi connectivity index (χ2v) is 4.53. The SMILES string of the molecule is Cc1cccc(N(N)C(=O)c2ccccc2C(=O)NN)c1. The smallest absolute Gasteiger partial charge is 0.273 e. The van der Waals surface area contributed by atoms with Gasteiger partial charge in [-0.3, -0.25) is 15.0 Å². The zero-order chi connectivity index (χ0) is 15.4. The Labute approximate surface area is 122 Å². The number of nitrogens with one attached hydrogen (secondary N) is 1. The van der Waals surface area contributed by atoms with E-state index < -0.39 is 11.8 Å². The molecule has 6 nitrogen and oxygen atoms in total. The number of hydrogen-bond donors (Lipinski definition) is 3. The van der Waals surface area contributed by atoms with Gasteiger partial charge in [-0.1, -0.05) is 24.3 Å². The van der Waals surface area contributed by atoms with E-state index in [4.69, 9.17) is 11.7 Å². The van der Waals surface area contributed by atoms with Crippen LogP contribution >= 0.6 is 0 Å². The van der Waals surface area contributed by atoms with Crippen LogP contribution in [0.4, 0.5) is 5.69 Å². The minimum Gasteiger partial charge on any atom is -0.290 e. The maximum atomic E-state index is 12.5. The maximum Gasteiger partial charge on any atom is 0.273 e. The number of carbonyl (C=O) groups is 2. The molecule has 2 aromatic rings. The number of hydrazine groups is 2. The van der Waals surface area contributed by atoms with Crippen LogP contribution in [0.15, 0.2) is 48.5 Å². The number of aryl methyl sites for hydroxylation is 1. The molecule has 6 heteroatoms. The van der Waals surface area contributed by atoms with E-state index in [-0.39, 0.29) is 11.1 Å². The molecule has 2 aromatic carbocycles. The molecule has 2 rings (SSSR count). The van der Waals surface area contributed by atoms with Crippen molar-refractivity contribution in [3.05, 3.63) is 65.2 Å². The van der Waals surface area contributed by atoms with Crippen LogP contribution in [-0.2, 0) is 0 Å². The van der Waals surface area contributed by atoms with Gasteiger partial charge in [-0.25, -0.2) is 16.7 Å². The van der Waals surface area contributed by atoms with E-state index in [1.807, 2.05) is 18.4 Å². The molecular weight excluding hydrogens is 268 g/mol. The molecule has 0 aliphatic rings. The molecule has 0 fully saturated rings. The number of carbonyl (C=O) groups excluding carboxylic acids is 2. The Morgan fingerprint density at radius 2 is 1.71 bits per heavy atom. The average molecular weight is 284 g/mol. The summed E-state index contributed by atoms with van der Waals surface area (Å²) < 4.78 is 0. The number of nitrogens with zero attached hydrogens (tertiary/aromatic N) is 1. The highest BCUT2D eigenvalue weighted by Crippen LogP contribution is 2.17. The van der Waals surface area contributed by atoms with Crippen molar-refractivity contribution in [3.63, 3.8) is 0 Å². The lowest BCUT2D eigenvalue weighted by molar-refractivity contribution is 0.0933. The van der Waals surface area contributed by atoms with E-state index in [9.17, 15) is 9.59 Å². The van der Waals surface area contributed by atoms with Gasteiger partial charge in [0.1, 0.15) is 0 Å². The number of nitrogens with two attached hydrogens (primary N) is 2. The van der Waals surface area contributed by atoms with Crippen LogP contribution in [0.2, 0.25) is 0 Å². The molecule has 108 valence electrons.